The first-order chi connectivity index (χ1) is 4.02. The normalized spacial score (nSPS) is 14.6. The molecular formula is C5H5F3O. The van der Waals surface area contributed by atoms with Gasteiger partial charge in [0, 0.05) is 0 Å². The Morgan fingerprint density at radius 3 is 1.89 bits per heavy atom. The van der Waals surface area contributed by atoms with E-state index in [0.29, 0.717) is 6.08 Å². The van der Waals surface area contributed by atoms with Gasteiger partial charge in [0.15, 0.2) is 0 Å². The Labute approximate surface area is 50.2 Å². The quantitative estimate of drug-likeness (QED) is 0.418. The van der Waals surface area contributed by atoms with E-state index in [0.717, 1.165) is 0 Å². The lowest BCUT2D eigenvalue weighted by atomic mass is 10.2. The van der Waals surface area contributed by atoms with Crippen LogP contribution >= 0.6 is 0 Å². The van der Waals surface area contributed by atoms with Crippen LogP contribution in [0, 0.1) is 5.92 Å². The minimum absolute atomic E-state index is 0.188. The zero-order chi connectivity index (χ0) is 7.49. The van der Waals surface area contributed by atoms with Crippen molar-refractivity contribution in [2.24, 2.45) is 5.92 Å². The molecule has 0 aromatic rings. The lowest BCUT2D eigenvalue weighted by Gasteiger charge is -2.07. The molecule has 0 spiro atoms. The summed E-state index contributed by atoms with van der Waals surface area (Å²) in [4.78, 5) is 9.59. The van der Waals surface area contributed by atoms with Crippen LogP contribution in [0.5, 0.6) is 0 Å². The van der Waals surface area contributed by atoms with Gasteiger partial charge in [-0.1, -0.05) is 6.08 Å². The van der Waals surface area contributed by atoms with Gasteiger partial charge in [-0.25, -0.2) is 0 Å². The predicted molar refractivity (Wildman–Crippen MR) is 25.8 cm³/mol. The van der Waals surface area contributed by atoms with E-state index in [-0.39, 0.29) is 6.29 Å². The van der Waals surface area contributed by atoms with Gasteiger partial charge in [0.05, 0.1) is 0 Å². The Hall–Kier alpha value is -0.800. The van der Waals surface area contributed by atoms with Crippen molar-refractivity contribution in [3.63, 3.8) is 0 Å². The van der Waals surface area contributed by atoms with Crippen LogP contribution in [-0.2, 0) is 4.79 Å². The standard InChI is InChI=1S/C5H5F3O/c1-2-4(3-9)5(6,7)8/h2-4H,1H2. The van der Waals surface area contributed by atoms with E-state index in [4.69, 9.17) is 0 Å². The summed E-state index contributed by atoms with van der Waals surface area (Å²) in [6.07, 6.45) is -4.09. The molecule has 0 N–H and O–H groups in total. The summed E-state index contributed by atoms with van der Waals surface area (Å²) in [5.74, 6) is -2.02. The fourth-order valence-electron chi connectivity index (χ4n) is 0.266. The zero-order valence-electron chi connectivity index (χ0n) is 4.48. The number of aldehydes is 1. The average Bonchev–Trinajstić information content (AvgIpc) is 1.65. The molecule has 1 atom stereocenters. The number of carbonyl (C=O) groups is 1. The number of hydrogen-bond acceptors (Lipinski definition) is 1. The van der Waals surface area contributed by atoms with Crippen LogP contribution < -0.4 is 0 Å². The van der Waals surface area contributed by atoms with Gasteiger partial charge >= 0.3 is 6.18 Å². The summed E-state index contributed by atoms with van der Waals surface area (Å²) in [5.41, 5.74) is 0. The third kappa shape index (κ3) is 2.30. The van der Waals surface area contributed by atoms with Gasteiger partial charge in [0.2, 0.25) is 0 Å². The number of halogens is 3. The SMILES string of the molecule is C=CC(C=O)C(F)(F)F. The summed E-state index contributed by atoms with van der Waals surface area (Å²) >= 11 is 0. The van der Waals surface area contributed by atoms with Gasteiger partial charge in [-0.3, -0.25) is 0 Å². The highest BCUT2D eigenvalue weighted by Gasteiger charge is 2.36. The monoisotopic (exact) mass is 138 g/mol. The molecule has 0 saturated heterocycles. The van der Waals surface area contributed by atoms with Crippen LogP contribution in [0.2, 0.25) is 0 Å². The first-order valence-electron chi connectivity index (χ1n) is 2.17. The second-order valence-electron chi connectivity index (χ2n) is 1.44. The highest BCUT2D eigenvalue weighted by molar-refractivity contribution is 5.57. The van der Waals surface area contributed by atoms with Crippen molar-refractivity contribution in [3.8, 4) is 0 Å². The number of allylic oxidation sites excluding steroid dienone is 1. The topological polar surface area (TPSA) is 17.1 Å². The summed E-state index contributed by atoms with van der Waals surface area (Å²) < 4.78 is 34.3. The molecule has 0 aromatic heterocycles. The predicted octanol–water partition coefficient (Wildman–Crippen LogP) is 1.55. The third-order valence-corrected chi connectivity index (χ3v) is 0.779. The molecule has 4 heteroatoms. The Kier molecular flexibility index (Phi) is 2.42. The van der Waals surface area contributed by atoms with Gasteiger partial charge in [-0.15, -0.1) is 6.58 Å². The van der Waals surface area contributed by atoms with Crippen LogP contribution in [0.25, 0.3) is 0 Å². The molecule has 1 unspecified atom stereocenters. The molecule has 0 saturated carbocycles. The van der Waals surface area contributed by atoms with E-state index in [2.05, 4.69) is 6.58 Å². The second-order valence-corrected chi connectivity index (χ2v) is 1.44. The second kappa shape index (κ2) is 2.66. The van der Waals surface area contributed by atoms with Crippen LogP contribution in [0.4, 0.5) is 13.2 Å². The van der Waals surface area contributed by atoms with Crippen LogP contribution in [0.1, 0.15) is 0 Å². The van der Waals surface area contributed by atoms with Crippen molar-refractivity contribution >= 4 is 6.29 Å². The summed E-state index contributed by atoms with van der Waals surface area (Å²) in [6, 6.07) is 0. The summed E-state index contributed by atoms with van der Waals surface area (Å²) in [6.45, 7) is 2.85. The molecule has 0 aliphatic rings. The lowest BCUT2D eigenvalue weighted by Crippen LogP contribution is -2.21. The average molecular weight is 138 g/mol. The highest BCUT2D eigenvalue weighted by atomic mass is 19.4. The maximum Gasteiger partial charge on any atom is 0.401 e. The Bertz CT molecular complexity index is 108. The maximum atomic E-state index is 11.4. The molecule has 0 fully saturated rings. The smallest absolute Gasteiger partial charge is 0.302 e. The van der Waals surface area contributed by atoms with E-state index in [1.54, 1.807) is 0 Å². The molecular weight excluding hydrogens is 133 g/mol. The van der Waals surface area contributed by atoms with Crippen molar-refractivity contribution in [1.29, 1.82) is 0 Å². The largest absolute Gasteiger partial charge is 0.401 e. The van der Waals surface area contributed by atoms with Crippen molar-refractivity contribution in [2.75, 3.05) is 0 Å². The molecule has 0 bridgehead atoms. The van der Waals surface area contributed by atoms with E-state index in [1.807, 2.05) is 0 Å². The first-order valence-corrected chi connectivity index (χ1v) is 2.17. The van der Waals surface area contributed by atoms with E-state index in [9.17, 15) is 18.0 Å². The van der Waals surface area contributed by atoms with E-state index >= 15 is 0 Å². The van der Waals surface area contributed by atoms with E-state index < -0.39 is 12.1 Å². The van der Waals surface area contributed by atoms with Crippen molar-refractivity contribution in [1.82, 2.24) is 0 Å². The number of alkyl halides is 3. The minimum Gasteiger partial charge on any atom is -0.302 e. The minimum atomic E-state index is -4.47. The fourth-order valence-corrected chi connectivity index (χ4v) is 0.266. The van der Waals surface area contributed by atoms with Crippen LogP contribution in [0.15, 0.2) is 12.7 Å². The first kappa shape index (κ1) is 8.20. The van der Waals surface area contributed by atoms with Crippen molar-refractivity contribution < 1.29 is 18.0 Å². The van der Waals surface area contributed by atoms with Crippen LogP contribution in [-0.4, -0.2) is 12.5 Å². The molecule has 52 valence electrons. The zero-order valence-corrected chi connectivity index (χ0v) is 4.48. The maximum absolute atomic E-state index is 11.4. The van der Waals surface area contributed by atoms with Gasteiger partial charge in [0.25, 0.3) is 0 Å². The molecule has 0 aromatic carbocycles. The molecule has 0 aliphatic heterocycles. The van der Waals surface area contributed by atoms with E-state index in [1.165, 1.54) is 0 Å². The Balaban J connectivity index is 4.11. The molecule has 0 radical (unpaired) electrons. The fraction of sp³-hybridized carbons (Fsp3) is 0.400. The van der Waals surface area contributed by atoms with Gasteiger partial charge < -0.3 is 4.79 Å². The van der Waals surface area contributed by atoms with Gasteiger partial charge in [-0.05, 0) is 0 Å². The number of hydrogen-bond donors (Lipinski definition) is 0. The summed E-state index contributed by atoms with van der Waals surface area (Å²) in [7, 11) is 0. The number of carbonyl (C=O) groups excluding carboxylic acids is 1. The lowest BCUT2D eigenvalue weighted by molar-refractivity contribution is -0.163. The third-order valence-electron chi connectivity index (χ3n) is 0.779. The molecule has 0 rings (SSSR count). The van der Waals surface area contributed by atoms with Crippen molar-refractivity contribution in [2.45, 2.75) is 6.18 Å². The molecule has 0 amide bonds. The Morgan fingerprint density at radius 1 is 1.44 bits per heavy atom. The Morgan fingerprint density at radius 2 is 1.89 bits per heavy atom. The molecule has 9 heavy (non-hydrogen) atoms. The summed E-state index contributed by atoms with van der Waals surface area (Å²) in [5, 5.41) is 0. The molecule has 0 heterocycles. The molecule has 1 nitrogen and oxygen atoms in total. The highest BCUT2D eigenvalue weighted by Crippen LogP contribution is 2.24. The van der Waals surface area contributed by atoms with Crippen LogP contribution in [0.3, 0.4) is 0 Å². The van der Waals surface area contributed by atoms with Gasteiger partial charge in [0.1, 0.15) is 12.2 Å². The number of rotatable bonds is 2. The van der Waals surface area contributed by atoms with Gasteiger partial charge in [-0.2, -0.15) is 13.2 Å². The molecule has 0 aliphatic carbocycles. The van der Waals surface area contributed by atoms with Crippen molar-refractivity contribution in [3.05, 3.63) is 12.7 Å².